The first-order valence-electron chi connectivity index (χ1n) is 11.1. The van der Waals surface area contributed by atoms with Gasteiger partial charge in [-0.15, -0.1) is 0 Å². The average molecular weight is 459 g/mol. The van der Waals surface area contributed by atoms with Gasteiger partial charge in [-0.05, 0) is 45.4 Å². The van der Waals surface area contributed by atoms with E-state index < -0.39 is 0 Å². The highest BCUT2D eigenvalue weighted by Crippen LogP contribution is 2.31. The van der Waals surface area contributed by atoms with Crippen LogP contribution in [0.15, 0.2) is 61.1 Å². The Bertz CT molecular complexity index is 816. The second-order valence-corrected chi connectivity index (χ2v) is 6.45. The van der Waals surface area contributed by atoms with Crippen molar-refractivity contribution in [1.29, 1.82) is 5.41 Å². The molecule has 0 aromatic carbocycles. The summed E-state index contributed by atoms with van der Waals surface area (Å²) in [6.45, 7) is 18.8. The summed E-state index contributed by atoms with van der Waals surface area (Å²) in [5.41, 5.74) is 2.46. The molecule has 32 heavy (non-hydrogen) atoms. The zero-order valence-corrected chi connectivity index (χ0v) is 21.4. The second-order valence-electron chi connectivity index (χ2n) is 6.45. The lowest BCUT2D eigenvalue weighted by molar-refractivity contribution is 0.343. The number of aryl methyl sites for hydroxylation is 1. The van der Waals surface area contributed by atoms with Gasteiger partial charge in [0.05, 0.1) is 11.4 Å². The van der Waals surface area contributed by atoms with Crippen molar-refractivity contribution in [3.8, 4) is 0 Å². The molecule has 1 saturated carbocycles. The maximum absolute atomic E-state index is 13.1. The first-order chi connectivity index (χ1) is 15.5. The first-order valence-corrected chi connectivity index (χ1v) is 12.0. The molecule has 0 amide bonds. The smallest absolute Gasteiger partial charge is 0.294 e. The van der Waals surface area contributed by atoms with Gasteiger partial charge in [-0.1, -0.05) is 83.2 Å². The lowest BCUT2D eigenvalue weighted by atomic mass is 9.94. The highest BCUT2D eigenvalue weighted by molar-refractivity contribution is 7.79. The Hall–Kier alpha value is -2.60. The van der Waals surface area contributed by atoms with Crippen LogP contribution < -0.4 is 10.9 Å². The molecule has 0 unspecified atom stereocenters. The van der Waals surface area contributed by atoms with Crippen LogP contribution in [0.3, 0.4) is 0 Å². The van der Waals surface area contributed by atoms with Crippen LogP contribution in [0.1, 0.15) is 70.3 Å². The van der Waals surface area contributed by atoms with Gasteiger partial charge in [0, 0.05) is 11.6 Å². The van der Waals surface area contributed by atoms with Gasteiger partial charge in [-0.3, -0.25) is 4.79 Å². The number of anilines is 1. The molecule has 1 aromatic rings. The van der Waals surface area contributed by atoms with Gasteiger partial charge in [-0.25, -0.2) is 4.98 Å². The molecule has 1 aromatic heterocycles. The predicted octanol–water partition coefficient (Wildman–Crippen LogP) is 7.15. The Balaban J connectivity index is 0. The zero-order valence-electron chi connectivity index (χ0n) is 20.5. The van der Waals surface area contributed by atoms with Gasteiger partial charge in [0.1, 0.15) is 0 Å². The quantitative estimate of drug-likeness (QED) is 0.231. The maximum atomic E-state index is 13.1. The normalized spacial score (nSPS) is 13.2. The van der Waals surface area contributed by atoms with Crippen LogP contribution in [-0.2, 0) is 0 Å². The molecule has 2 rings (SSSR count). The van der Waals surface area contributed by atoms with Crippen LogP contribution in [-0.4, -0.2) is 22.0 Å². The maximum Gasteiger partial charge on any atom is 0.294 e. The van der Waals surface area contributed by atoms with Gasteiger partial charge in [0.2, 0.25) is 0 Å². The number of allylic oxidation sites excluding steroid dienone is 6. The summed E-state index contributed by atoms with van der Waals surface area (Å²) in [4.78, 5) is 17.6. The molecule has 0 saturated heterocycles. The summed E-state index contributed by atoms with van der Waals surface area (Å²) in [5, 5.41) is 8.97. The summed E-state index contributed by atoms with van der Waals surface area (Å²) in [6, 6.07) is 0.189. The standard InChI is InChI=1S/C21H27N3O.C2H5N.C2H6.CH4S/c1-5-8-13-17(12-6-2)19-16(4)23-20(22-7-3)21(25)24(19)18-14-10-9-11-15-18;1-2-3;2*1-2/h5-8,12-13,18H,1-3,9-11,14-15H2,4H3,(H,22,23);2-3H,1H3;1-2H3;2H,1H3/b13-8-,17-12+;;;. The molecule has 0 spiro atoms. The molecule has 0 bridgehead atoms. The van der Waals surface area contributed by atoms with E-state index in [-0.39, 0.29) is 11.6 Å². The Labute approximate surface area is 200 Å². The molecule has 0 aliphatic heterocycles. The van der Waals surface area contributed by atoms with Gasteiger partial charge in [0.25, 0.3) is 5.56 Å². The van der Waals surface area contributed by atoms with Crippen molar-refractivity contribution in [3.05, 3.63) is 78.1 Å². The molecular formula is C26H42N4OS. The SMILES string of the molecule is C=C/C=C\C(=C/C=C)c1c(C)nc(NC=C)c(=O)n1C1CCCCC1.CC.CC=N.CS. The zero-order chi connectivity index (χ0) is 24.9. The summed E-state index contributed by atoms with van der Waals surface area (Å²) < 4.78 is 1.91. The van der Waals surface area contributed by atoms with E-state index in [1.54, 1.807) is 25.3 Å². The van der Waals surface area contributed by atoms with Gasteiger partial charge in [0.15, 0.2) is 5.82 Å². The van der Waals surface area contributed by atoms with Gasteiger partial charge in [-0.2, -0.15) is 12.6 Å². The van der Waals surface area contributed by atoms with Crippen molar-refractivity contribution in [2.45, 2.75) is 65.8 Å². The van der Waals surface area contributed by atoms with Gasteiger partial charge < -0.3 is 15.3 Å². The molecule has 6 heteroatoms. The fraction of sp³-hybridized carbons (Fsp3) is 0.423. The van der Waals surface area contributed by atoms with Gasteiger partial charge >= 0.3 is 0 Å². The molecule has 0 atom stereocenters. The number of aromatic nitrogens is 2. The summed E-state index contributed by atoms with van der Waals surface area (Å²) >= 11 is 3.53. The second kappa shape index (κ2) is 20.3. The van der Waals surface area contributed by atoms with E-state index in [0.29, 0.717) is 5.82 Å². The molecule has 2 N–H and O–H groups in total. The van der Waals surface area contributed by atoms with E-state index in [1.165, 1.54) is 18.8 Å². The van der Waals surface area contributed by atoms with Crippen molar-refractivity contribution in [2.75, 3.05) is 11.6 Å². The highest BCUT2D eigenvalue weighted by atomic mass is 32.1. The van der Waals surface area contributed by atoms with Crippen molar-refractivity contribution in [3.63, 3.8) is 0 Å². The third-order valence-corrected chi connectivity index (χ3v) is 4.45. The lowest BCUT2D eigenvalue weighted by Crippen LogP contribution is -2.32. The largest absolute Gasteiger partial charge is 0.343 e. The highest BCUT2D eigenvalue weighted by Gasteiger charge is 2.23. The van der Waals surface area contributed by atoms with Crippen LogP contribution in [0.25, 0.3) is 5.57 Å². The Morgan fingerprint density at radius 3 is 2.19 bits per heavy atom. The third kappa shape index (κ3) is 10.1. The number of hydrogen-bond acceptors (Lipinski definition) is 5. The van der Waals surface area contributed by atoms with Crippen LogP contribution in [0.2, 0.25) is 0 Å². The summed E-state index contributed by atoms with van der Waals surface area (Å²) in [5.74, 6) is 0.326. The fourth-order valence-corrected chi connectivity index (χ4v) is 3.40. The van der Waals surface area contributed by atoms with E-state index in [2.05, 4.69) is 42.7 Å². The van der Waals surface area contributed by atoms with E-state index >= 15 is 0 Å². The third-order valence-electron chi connectivity index (χ3n) is 4.45. The van der Waals surface area contributed by atoms with E-state index in [1.807, 2.05) is 43.6 Å². The summed E-state index contributed by atoms with van der Waals surface area (Å²) in [7, 11) is 0. The van der Waals surface area contributed by atoms with Crippen molar-refractivity contribution in [2.24, 2.45) is 0 Å². The average Bonchev–Trinajstić information content (AvgIpc) is 2.82. The number of rotatable bonds is 7. The minimum atomic E-state index is -0.102. The van der Waals surface area contributed by atoms with Crippen molar-refractivity contribution in [1.82, 2.24) is 9.55 Å². The molecule has 1 aliphatic rings. The number of nitrogens with zero attached hydrogens (tertiary/aromatic N) is 2. The Kier molecular flexibility index (Phi) is 20.0. The monoisotopic (exact) mass is 458 g/mol. The van der Waals surface area contributed by atoms with E-state index in [4.69, 9.17) is 5.41 Å². The van der Waals surface area contributed by atoms with Crippen LogP contribution in [0.5, 0.6) is 0 Å². The Morgan fingerprint density at radius 2 is 1.72 bits per heavy atom. The molecule has 1 aliphatic carbocycles. The summed E-state index contributed by atoms with van der Waals surface area (Å²) in [6.07, 6.45) is 19.1. The minimum absolute atomic E-state index is 0.102. The number of nitrogens with one attached hydrogen (secondary N) is 2. The molecular weight excluding hydrogens is 416 g/mol. The lowest BCUT2D eigenvalue weighted by Gasteiger charge is -2.28. The van der Waals surface area contributed by atoms with Crippen LogP contribution >= 0.6 is 12.6 Å². The molecule has 178 valence electrons. The number of hydrogen-bond donors (Lipinski definition) is 3. The van der Waals surface area contributed by atoms with Crippen LogP contribution in [0.4, 0.5) is 5.82 Å². The topological polar surface area (TPSA) is 70.8 Å². The first kappa shape index (κ1) is 31.6. The van der Waals surface area contributed by atoms with Crippen LogP contribution in [0, 0.1) is 12.3 Å². The van der Waals surface area contributed by atoms with E-state index in [0.717, 1.165) is 42.6 Å². The minimum Gasteiger partial charge on any atom is -0.343 e. The molecule has 1 fully saturated rings. The molecule has 5 nitrogen and oxygen atoms in total. The molecule has 1 heterocycles. The Morgan fingerprint density at radius 1 is 1.16 bits per heavy atom. The molecule has 0 radical (unpaired) electrons. The fourth-order valence-electron chi connectivity index (χ4n) is 3.40. The van der Waals surface area contributed by atoms with E-state index in [9.17, 15) is 4.79 Å². The van der Waals surface area contributed by atoms with Crippen molar-refractivity contribution >= 4 is 30.2 Å². The predicted molar refractivity (Wildman–Crippen MR) is 147 cm³/mol. The number of thiol groups is 1. The van der Waals surface area contributed by atoms with Crippen molar-refractivity contribution < 1.29 is 0 Å².